The molecule has 232 valence electrons. The van der Waals surface area contributed by atoms with Crippen LogP contribution in [0.25, 0.3) is 10.8 Å². The van der Waals surface area contributed by atoms with Crippen LogP contribution in [-0.2, 0) is 17.1 Å². The number of sulfonamides is 1. The second-order valence-electron chi connectivity index (χ2n) is 11.1. The lowest BCUT2D eigenvalue weighted by Crippen LogP contribution is -2.50. The van der Waals surface area contributed by atoms with E-state index < -0.39 is 28.1 Å². The van der Waals surface area contributed by atoms with Crippen LogP contribution >= 0.6 is 0 Å². The third kappa shape index (κ3) is 6.33. The molecule has 4 aromatic rings. The maximum Gasteiger partial charge on any atom is 0.321 e. The van der Waals surface area contributed by atoms with Crippen LogP contribution in [0, 0.1) is 5.92 Å². The van der Waals surface area contributed by atoms with Gasteiger partial charge in [-0.15, -0.1) is 0 Å². The number of aromatic nitrogens is 2. The van der Waals surface area contributed by atoms with Crippen molar-refractivity contribution in [2.75, 3.05) is 36.8 Å². The lowest BCUT2D eigenvalue weighted by molar-refractivity contribution is 0.0373. The lowest BCUT2D eigenvalue weighted by Gasteiger charge is -2.38. The lowest BCUT2D eigenvalue weighted by atomic mass is 9.99. The summed E-state index contributed by atoms with van der Waals surface area (Å²) in [7, 11) is -0.822. The number of urea groups is 1. The number of hydrogen-bond acceptors (Lipinski definition) is 7. The number of likely N-dealkylation sites (N-methyl/N-ethyl adjacent to an activating group) is 1. The molecule has 3 atom stereocenters. The molecule has 0 saturated heterocycles. The van der Waals surface area contributed by atoms with E-state index in [4.69, 9.17) is 4.74 Å². The Bertz CT molecular complexity index is 1790. The SMILES string of the molecule is C[C@H]1CN([C@@H](C)CO)C(=O)c2cccc(NS(=O)(=O)c3cn(C)cn3)c2O[C@@H]1CN(C)C(=O)Nc1cccc2ccccc12. The standard InChI is InChI=1S/C31H36N6O6S/c1-20-15-37(21(2)18-38)30(39)24-12-8-14-26(34-44(41,42)28-17-35(3)19-32-28)29(24)43-27(20)16-36(4)31(40)33-25-13-7-10-22-9-5-6-11-23(22)25/h5-14,17,19-21,27,34,38H,15-16,18H2,1-4H3,(H,33,40)/t20-,21-,27+/m0/s1. The van der Waals surface area contributed by atoms with Gasteiger partial charge in [-0.1, -0.05) is 49.4 Å². The van der Waals surface area contributed by atoms with Crippen LogP contribution in [0.5, 0.6) is 5.75 Å². The van der Waals surface area contributed by atoms with Crippen molar-refractivity contribution in [1.82, 2.24) is 19.4 Å². The summed E-state index contributed by atoms with van der Waals surface area (Å²) in [5.41, 5.74) is 0.850. The van der Waals surface area contributed by atoms with E-state index in [1.165, 1.54) is 28.1 Å². The highest BCUT2D eigenvalue weighted by Crippen LogP contribution is 2.36. The molecule has 3 amide bonds. The first-order valence-corrected chi connectivity index (χ1v) is 15.7. The van der Waals surface area contributed by atoms with Gasteiger partial charge in [-0.25, -0.2) is 9.78 Å². The second kappa shape index (κ2) is 12.5. The monoisotopic (exact) mass is 620 g/mol. The second-order valence-corrected chi connectivity index (χ2v) is 12.8. The minimum absolute atomic E-state index is 0.0338. The third-order valence-corrected chi connectivity index (χ3v) is 8.97. The number of hydrogen-bond donors (Lipinski definition) is 3. The van der Waals surface area contributed by atoms with E-state index >= 15 is 0 Å². The number of fused-ring (bicyclic) bond motifs is 2. The minimum atomic E-state index is -4.12. The number of benzene rings is 3. The number of aliphatic hydroxyl groups excluding tert-OH is 1. The predicted octanol–water partition coefficient (Wildman–Crippen LogP) is 3.76. The number of anilines is 2. The number of nitrogens with one attached hydrogen (secondary N) is 2. The molecule has 0 bridgehead atoms. The van der Waals surface area contributed by atoms with Gasteiger partial charge in [0, 0.05) is 38.1 Å². The summed E-state index contributed by atoms with van der Waals surface area (Å²) in [4.78, 5) is 34.1. The van der Waals surface area contributed by atoms with Gasteiger partial charge in [-0.05, 0) is 30.5 Å². The molecule has 0 unspecified atom stereocenters. The molecule has 3 aromatic carbocycles. The van der Waals surface area contributed by atoms with Crippen molar-refractivity contribution >= 4 is 44.1 Å². The number of imidazole rings is 1. The largest absolute Gasteiger partial charge is 0.485 e. The number of carbonyl (C=O) groups excluding carboxylic acids is 2. The minimum Gasteiger partial charge on any atom is -0.485 e. The topological polar surface area (TPSA) is 146 Å². The average Bonchev–Trinajstić information content (AvgIpc) is 3.46. The Morgan fingerprint density at radius 2 is 1.84 bits per heavy atom. The molecule has 12 nitrogen and oxygen atoms in total. The fourth-order valence-corrected chi connectivity index (χ4v) is 6.21. The fraction of sp³-hybridized carbons (Fsp3) is 0.323. The van der Waals surface area contributed by atoms with Gasteiger partial charge in [0.2, 0.25) is 0 Å². The Morgan fingerprint density at radius 1 is 1.14 bits per heavy atom. The molecular weight excluding hydrogens is 584 g/mol. The Labute approximate surface area is 256 Å². The highest BCUT2D eigenvalue weighted by atomic mass is 32.2. The quantitative estimate of drug-likeness (QED) is 0.272. The highest BCUT2D eigenvalue weighted by Gasteiger charge is 2.35. The third-order valence-electron chi connectivity index (χ3n) is 7.72. The number of nitrogens with zero attached hydrogens (tertiary/aromatic N) is 4. The zero-order valence-corrected chi connectivity index (χ0v) is 25.8. The molecule has 0 spiro atoms. The summed E-state index contributed by atoms with van der Waals surface area (Å²) in [5, 5.41) is 14.6. The van der Waals surface area contributed by atoms with Crippen LogP contribution in [-0.4, -0.2) is 83.7 Å². The number of rotatable bonds is 8. The van der Waals surface area contributed by atoms with E-state index in [2.05, 4.69) is 15.0 Å². The van der Waals surface area contributed by atoms with E-state index in [1.807, 2.05) is 49.4 Å². The first-order chi connectivity index (χ1) is 21.0. The van der Waals surface area contributed by atoms with Crippen LogP contribution in [0.1, 0.15) is 24.2 Å². The molecule has 5 rings (SSSR count). The average molecular weight is 621 g/mol. The van der Waals surface area contributed by atoms with Crippen molar-refractivity contribution in [3.63, 3.8) is 0 Å². The summed E-state index contributed by atoms with van der Waals surface area (Å²) in [6, 6.07) is 17.2. The van der Waals surface area contributed by atoms with E-state index in [0.29, 0.717) is 5.69 Å². The van der Waals surface area contributed by atoms with Gasteiger partial charge in [-0.3, -0.25) is 9.52 Å². The Hall–Kier alpha value is -4.62. The molecule has 13 heteroatoms. The van der Waals surface area contributed by atoms with Gasteiger partial charge in [0.05, 0.1) is 42.5 Å². The molecule has 0 fully saturated rings. The van der Waals surface area contributed by atoms with Gasteiger partial charge in [0.1, 0.15) is 6.10 Å². The van der Waals surface area contributed by atoms with Crippen molar-refractivity contribution < 1.29 is 27.9 Å². The van der Waals surface area contributed by atoms with Crippen molar-refractivity contribution in [1.29, 1.82) is 0 Å². The molecule has 0 saturated carbocycles. The summed E-state index contributed by atoms with van der Waals surface area (Å²) in [6.07, 6.45) is 2.08. The van der Waals surface area contributed by atoms with Gasteiger partial charge >= 0.3 is 6.03 Å². The van der Waals surface area contributed by atoms with E-state index in [1.54, 1.807) is 38.1 Å². The van der Waals surface area contributed by atoms with Gasteiger partial charge in [-0.2, -0.15) is 8.42 Å². The zero-order valence-electron chi connectivity index (χ0n) is 25.0. The molecular formula is C31H36N6O6S. The molecule has 0 aliphatic carbocycles. The first-order valence-electron chi connectivity index (χ1n) is 14.2. The van der Waals surface area contributed by atoms with Gasteiger partial charge in [0.25, 0.3) is 15.9 Å². The molecule has 1 aliphatic rings. The molecule has 0 radical (unpaired) electrons. The van der Waals surface area contributed by atoms with E-state index in [0.717, 1.165) is 10.8 Å². The summed E-state index contributed by atoms with van der Waals surface area (Å²) in [6.45, 7) is 3.72. The number of aryl methyl sites for hydroxylation is 1. The molecule has 1 aliphatic heterocycles. The van der Waals surface area contributed by atoms with Crippen LogP contribution < -0.4 is 14.8 Å². The van der Waals surface area contributed by atoms with E-state index in [-0.39, 0.29) is 53.7 Å². The van der Waals surface area contributed by atoms with Gasteiger partial charge < -0.3 is 29.5 Å². The van der Waals surface area contributed by atoms with Crippen molar-refractivity contribution in [3.8, 4) is 5.75 Å². The molecule has 1 aromatic heterocycles. The van der Waals surface area contributed by atoms with Crippen LogP contribution in [0.2, 0.25) is 0 Å². The Kier molecular flexibility index (Phi) is 8.79. The predicted molar refractivity (Wildman–Crippen MR) is 167 cm³/mol. The van der Waals surface area contributed by atoms with Crippen LogP contribution in [0.15, 0.2) is 78.2 Å². The molecule has 3 N–H and O–H groups in total. The Balaban J connectivity index is 1.46. The number of amides is 3. The fourth-order valence-electron chi connectivity index (χ4n) is 5.16. The maximum atomic E-state index is 13.7. The summed E-state index contributed by atoms with van der Waals surface area (Å²) >= 11 is 0. The number of ether oxygens (including phenoxy) is 1. The molecule has 2 heterocycles. The first kappa shape index (κ1) is 30.8. The number of carbonyl (C=O) groups is 2. The smallest absolute Gasteiger partial charge is 0.321 e. The van der Waals surface area contributed by atoms with E-state index in [9.17, 15) is 23.1 Å². The molecule has 44 heavy (non-hydrogen) atoms. The van der Waals surface area contributed by atoms with Crippen molar-refractivity contribution in [2.45, 2.75) is 31.0 Å². The van der Waals surface area contributed by atoms with Crippen LogP contribution in [0.3, 0.4) is 0 Å². The Morgan fingerprint density at radius 3 is 2.57 bits per heavy atom. The summed E-state index contributed by atoms with van der Waals surface area (Å²) < 4.78 is 36.9. The number of aliphatic hydroxyl groups is 1. The van der Waals surface area contributed by atoms with Crippen LogP contribution in [0.4, 0.5) is 16.2 Å². The van der Waals surface area contributed by atoms with Crippen molar-refractivity contribution in [2.24, 2.45) is 13.0 Å². The van der Waals surface area contributed by atoms with Gasteiger partial charge in [0.15, 0.2) is 10.8 Å². The highest BCUT2D eigenvalue weighted by molar-refractivity contribution is 7.92. The zero-order chi connectivity index (χ0) is 31.6. The number of para-hydroxylation sites is 1. The van der Waals surface area contributed by atoms with Crippen molar-refractivity contribution in [3.05, 3.63) is 78.8 Å². The summed E-state index contributed by atoms with van der Waals surface area (Å²) in [5.74, 6) is -0.686. The normalized spacial score (nSPS) is 17.7. The maximum absolute atomic E-state index is 13.7.